The molecule has 2 aromatic heterocycles. The van der Waals surface area contributed by atoms with Gasteiger partial charge in [0.25, 0.3) is 0 Å². The van der Waals surface area contributed by atoms with Crippen molar-refractivity contribution < 1.29 is 0 Å². The van der Waals surface area contributed by atoms with Gasteiger partial charge in [-0.2, -0.15) is 5.26 Å². The molecule has 6 aromatic carbocycles. The fourth-order valence-corrected chi connectivity index (χ4v) is 7.36. The Kier molecular flexibility index (Phi) is 6.21. The van der Waals surface area contributed by atoms with Crippen LogP contribution in [-0.2, 0) is 0 Å². The smallest absolute Gasteiger partial charge is 0.0998 e. The van der Waals surface area contributed by atoms with Gasteiger partial charge in [0, 0.05) is 27.1 Å². The van der Waals surface area contributed by atoms with Crippen molar-refractivity contribution in [3.8, 4) is 28.6 Å². The van der Waals surface area contributed by atoms with Gasteiger partial charge in [0.05, 0.1) is 45.1 Å². The summed E-state index contributed by atoms with van der Waals surface area (Å²) in [5, 5.41) is 15.6. The summed E-state index contributed by atoms with van der Waals surface area (Å²) in [6.07, 6.45) is 0. The fourth-order valence-electron chi connectivity index (χ4n) is 7.36. The van der Waals surface area contributed by atoms with Gasteiger partial charge in [0.1, 0.15) is 0 Å². The number of aromatic nitrogens is 2. The molecular formula is C43H35N3. The first-order chi connectivity index (χ1) is 22.2. The molecule has 8 aromatic rings. The minimum absolute atomic E-state index is 0.661. The van der Waals surface area contributed by atoms with E-state index in [4.69, 9.17) is 0 Å². The Morgan fingerprint density at radius 1 is 0.413 bits per heavy atom. The van der Waals surface area contributed by atoms with E-state index in [2.05, 4.69) is 160 Å². The van der Waals surface area contributed by atoms with Crippen molar-refractivity contribution in [1.29, 1.82) is 5.26 Å². The summed E-state index contributed by atoms with van der Waals surface area (Å²) >= 11 is 0. The highest BCUT2D eigenvalue weighted by atomic mass is 15.1. The molecule has 0 aliphatic carbocycles. The van der Waals surface area contributed by atoms with Crippen LogP contribution in [0.15, 0.2) is 103 Å². The number of hydrogen-bond acceptors (Lipinski definition) is 1. The van der Waals surface area contributed by atoms with Gasteiger partial charge in [-0.05, 0) is 111 Å². The molecule has 0 spiro atoms. The van der Waals surface area contributed by atoms with E-state index in [1.165, 1.54) is 49.4 Å². The van der Waals surface area contributed by atoms with Gasteiger partial charge < -0.3 is 9.13 Å². The van der Waals surface area contributed by atoms with Crippen molar-refractivity contribution in [2.45, 2.75) is 41.5 Å². The van der Waals surface area contributed by atoms with Gasteiger partial charge >= 0.3 is 0 Å². The average molecular weight is 594 g/mol. The minimum Gasteiger partial charge on any atom is -0.307 e. The second kappa shape index (κ2) is 10.2. The number of nitriles is 1. The molecule has 222 valence electrons. The maximum atomic E-state index is 10.7. The average Bonchev–Trinajstić information content (AvgIpc) is 3.50. The van der Waals surface area contributed by atoms with E-state index in [-0.39, 0.29) is 0 Å². The van der Waals surface area contributed by atoms with Crippen LogP contribution in [0, 0.1) is 52.9 Å². The maximum Gasteiger partial charge on any atom is 0.0998 e. The van der Waals surface area contributed by atoms with Crippen LogP contribution in [0.4, 0.5) is 0 Å². The van der Waals surface area contributed by atoms with Crippen molar-refractivity contribution in [3.63, 3.8) is 0 Å². The highest BCUT2D eigenvalue weighted by molar-refractivity contribution is 6.12. The summed E-state index contributed by atoms with van der Waals surface area (Å²) in [5.41, 5.74) is 16.5. The summed E-state index contributed by atoms with van der Waals surface area (Å²) in [6, 6.07) is 40.4. The van der Waals surface area contributed by atoms with Crippen LogP contribution in [0.3, 0.4) is 0 Å². The van der Waals surface area contributed by atoms with Crippen molar-refractivity contribution in [3.05, 3.63) is 142 Å². The monoisotopic (exact) mass is 593 g/mol. The highest BCUT2D eigenvalue weighted by Crippen LogP contribution is 2.42. The summed E-state index contributed by atoms with van der Waals surface area (Å²) in [6.45, 7) is 12.9. The second-order valence-electron chi connectivity index (χ2n) is 13.1. The topological polar surface area (TPSA) is 33.6 Å². The zero-order valence-corrected chi connectivity index (χ0v) is 27.2. The maximum absolute atomic E-state index is 10.7. The van der Waals surface area contributed by atoms with Crippen LogP contribution in [-0.4, -0.2) is 9.13 Å². The van der Waals surface area contributed by atoms with Gasteiger partial charge in [0.15, 0.2) is 0 Å². The lowest BCUT2D eigenvalue weighted by atomic mass is 9.94. The number of nitrogens with zero attached hydrogens (tertiary/aromatic N) is 3. The first-order valence-corrected chi connectivity index (χ1v) is 15.9. The zero-order chi connectivity index (χ0) is 31.9. The first-order valence-electron chi connectivity index (χ1n) is 15.9. The van der Waals surface area contributed by atoms with E-state index in [0.29, 0.717) is 5.56 Å². The molecule has 0 saturated heterocycles. The number of benzene rings is 6. The molecule has 8 rings (SSSR count). The standard InChI is InChI=1S/C43H35N3/c1-25-7-12-32(30(6)17-25)37-23-43(46-40-20-28(4)10-15-35(40)36-16-11-29(5)21-41(36)46)42(22-31(37)24-44)45-38-18-26(2)8-13-33(38)34-14-9-27(3)19-39(34)45/h7-23H,1-6H3. The Morgan fingerprint density at radius 2 is 0.783 bits per heavy atom. The van der Waals surface area contributed by atoms with Crippen LogP contribution >= 0.6 is 0 Å². The van der Waals surface area contributed by atoms with Crippen LogP contribution in [0.25, 0.3) is 66.1 Å². The van der Waals surface area contributed by atoms with Crippen molar-refractivity contribution in [2.24, 2.45) is 0 Å². The van der Waals surface area contributed by atoms with Crippen LogP contribution in [0.5, 0.6) is 0 Å². The van der Waals surface area contributed by atoms with E-state index in [1.807, 2.05) is 0 Å². The Morgan fingerprint density at radius 3 is 1.17 bits per heavy atom. The first kappa shape index (κ1) is 27.9. The quantitative estimate of drug-likeness (QED) is 0.201. The van der Waals surface area contributed by atoms with E-state index in [9.17, 15) is 5.26 Å². The predicted octanol–water partition coefficient (Wildman–Crippen LogP) is 11.3. The SMILES string of the molecule is Cc1ccc(-c2cc(-n3c4cc(C)ccc4c4ccc(C)cc43)c(-n3c4cc(C)ccc4c4ccc(C)cc43)cc2C#N)c(C)c1. The van der Waals surface area contributed by atoms with Crippen molar-refractivity contribution in [2.75, 3.05) is 0 Å². The zero-order valence-electron chi connectivity index (χ0n) is 27.2. The molecule has 2 heterocycles. The Hall–Kier alpha value is -5.59. The van der Waals surface area contributed by atoms with Crippen molar-refractivity contribution >= 4 is 43.6 Å². The van der Waals surface area contributed by atoms with Gasteiger partial charge in [0.2, 0.25) is 0 Å². The Balaban J connectivity index is 1.61. The molecule has 0 aliphatic heterocycles. The molecule has 0 amide bonds. The van der Waals surface area contributed by atoms with Gasteiger partial charge in [-0.25, -0.2) is 0 Å². The Bertz CT molecular complexity index is 2480. The summed E-state index contributed by atoms with van der Waals surface area (Å²) in [7, 11) is 0. The fraction of sp³-hybridized carbons (Fsp3) is 0.140. The summed E-state index contributed by atoms with van der Waals surface area (Å²) < 4.78 is 4.81. The second-order valence-corrected chi connectivity index (χ2v) is 13.1. The van der Waals surface area contributed by atoms with Crippen LogP contribution in [0.1, 0.15) is 38.9 Å². The molecule has 0 fully saturated rings. The van der Waals surface area contributed by atoms with E-state index < -0.39 is 0 Å². The molecule has 0 unspecified atom stereocenters. The summed E-state index contributed by atoms with van der Waals surface area (Å²) in [4.78, 5) is 0. The molecule has 0 aliphatic rings. The lowest BCUT2D eigenvalue weighted by Gasteiger charge is -2.20. The van der Waals surface area contributed by atoms with Gasteiger partial charge in [-0.15, -0.1) is 0 Å². The van der Waals surface area contributed by atoms with E-state index in [1.54, 1.807) is 0 Å². The third-order valence-electron chi connectivity index (χ3n) is 9.55. The minimum atomic E-state index is 0.661. The molecule has 46 heavy (non-hydrogen) atoms. The molecule has 0 bridgehead atoms. The largest absolute Gasteiger partial charge is 0.307 e. The lowest BCUT2D eigenvalue weighted by Crippen LogP contribution is -2.06. The molecule has 0 atom stereocenters. The van der Waals surface area contributed by atoms with Gasteiger partial charge in [-0.1, -0.05) is 72.3 Å². The third-order valence-corrected chi connectivity index (χ3v) is 9.55. The number of rotatable bonds is 3. The van der Waals surface area contributed by atoms with Crippen LogP contribution in [0.2, 0.25) is 0 Å². The highest BCUT2D eigenvalue weighted by Gasteiger charge is 2.23. The van der Waals surface area contributed by atoms with Gasteiger partial charge in [-0.3, -0.25) is 0 Å². The number of hydrogen-bond donors (Lipinski definition) is 0. The molecular weight excluding hydrogens is 558 g/mol. The van der Waals surface area contributed by atoms with E-state index in [0.717, 1.165) is 50.1 Å². The molecule has 3 nitrogen and oxygen atoms in total. The lowest BCUT2D eigenvalue weighted by molar-refractivity contribution is 1.09. The Labute approximate surface area is 269 Å². The van der Waals surface area contributed by atoms with Crippen molar-refractivity contribution in [1.82, 2.24) is 9.13 Å². The van der Waals surface area contributed by atoms with Crippen LogP contribution < -0.4 is 0 Å². The molecule has 0 saturated carbocycles. The molecule has 3 heteroatoms. The molecule has 0 N–H and O–H groups in total. The third kappa shape index (κ3) is 4.18. The molecule has 0 radical (unpaired) electrons. The van der Waals surface area contributed by atoms with E-state index >= 15 is 0 Å². The predicted molar refractivity (Wildman–Crippen MR) is 194 cm³/mol. The summed E-state index contributed by atoms with van der Waals surface area (Å²) in [5.74, 6) is 0. The normalized spacial score (nSPS) is 11.7. The number of fused-ring (bicyclic) bond motifs is 6. The number of aryl methyl sites for hydroxylation is 6.